The average Bonchev–Trinajstić information content (AvgIpc) is 3.17. The minimum atomic E-state index is -3.12. The lowest BCUT2D eigenvalue weighted by molar-refractivity contribution is 0.459. The van der Waals surface area contributed by atoms with Crippen LogP contribution in [0.2, 0.25) is 0 Å². The van der Waals surface area contributed by atoms with Crippen molar-refractivity contribution in [1.29, 1.82) is 0 Å². The Morgan fingerprint density at radius 2 is 1.47 bits per heavy atom. The lowest BCUT2D eigenvalue weighted by Crippen LogP contribution is -2.23. The van der Waals surface area contributed by atoms with E-state index in [0.29, 0.717) is 17.1 Å². The zero-order chi connectivity index (χ0) is 26.5. The van der Waals surface area contributed by atoms with Crippen LogP contribution in [0.4, 0.5) is 0 Å². The Kier molecular flexibility index (Phi) is 5.81. The molecule has 1 unspecified atom stereocenters. The molecule has 3 aromatic carbocycles. The van der Waals surface area contributed by atoms with E-state index in [1.807, 2.05) is 73.7 Å². The first-order valence-electron chi connectivity index (χ1n) is 12.8. The van der Waals surface area contributed by atoms with E-state index in [1.165, 1.54) is 0 Å². The lowest BCUT2D eigenvalue weighted by atomic mass is 9.88. The predicted molar refractivity (Wildman–Crippen MR) is 156 cm³/mol. The molecule has 5 aromatic rings. The van der Waals surface area contributed by atoms with Gasteiger partial charge in [-0.1, -0.05) is 69.3 Å². The fourth-order valence-corrected chi connectivity index (χ4v) is 8.09. The van der Waals surface area contributed by atoms with Crippen LogP contribution in [0.5, 0.6) is 11.6 Å². The number of fused-ring (bicyclic) bond motifs is 3. The molecule has 2 aromatic heterocycles. The Balaban J connectivity index is 1.42. The van der Waals surface area contributed by atoms with Gasteiger partial charge in [0, 0.05) is 29.1 Å². The first-order valence-corrected chi connectivity index (χ1v) is 14.5. The molecule has 0 radical (unpaired) electrons. The van der Waals surface area contributed by atoms with Crippen LogP contribution < -0.4 is 20.8 Å². The first-order chi connectivity index (χ1) is 18.2. The first kappa shape index (κ1) is 24.3. The second kappa shape index (κ2) is 9.08. The van der Waals surface area contributed by atoms with Gasteiger partial charge in [-0.3, -0.25) is 4.98 Å². The van der Waals surface area contributed by atoms with Gasteiger partial charge in [0.2, 0.25) is 5.88 Å². The molecular formula is C33H29N2O2P. The third-order valence-electron chi connectivity index (χ3n) is 7.08. The summed E-state index contributed by atoms with van der Waals surface area (Å²) in [5, 5.41) is 1.69. The van der Waals surface area contributed by atoms with E-state index in [9.17, 15) is 4.57 Å². The fraction of sp³-hybridized carbons (Fsp3) is 0.152. The zero-order valence-electron chi connectivity index (χ0n) is 22.0. The Labute approximate surface area is 223 Å². The summed E-state index contributed by atoms with van der Waals surface area (Å²) < 4.78 is 21.1. The number of aromatic nitrogens is 2. The highest BCUT2D eigenvalue weighted by Gasteiger charge is 2.41. The Morgan fingerprint density at radius 1 is 0.711 bits per heavy atom. The number of rotatable bonds is 4. The van der Waals surface area contributed by atoms with E-state index in [1.54, 1.807) is 12.4 Å². The van der Waals surface area contributed by atoms with Crippen LogP contribution in [0.15, 0.2) is 103 Å². The summed E-state index contributed by atoms with van der Waals surface area (Å²) in [4.78, 5) is 9.00. The van der Waals surface area contributed by atoms with Crippen molar-refractivity contribution < 1.29 is 9.30 Å². The second-order valence-electron chi connectivity index (χ2n) is 10.8. The van der Waals surface area contributed by atoms with Gasteiger partial charge in [-0.05, 0) is 82.1 Å². The van der Waals surface area contributed by atoms with Crippen molar-refractivity contribution in [2.45, 2.75) is 33.1 Å². The monoisotopic (exact) mass is 516 g/mol. The van der Waals surface area contributed by atoms with Crippen LogP contribution in [0.1, 0.15) is 31.9 Å². The van der Waals surface area contributed by atoms with Crippen molar-refractivity contribution in [1.82, 2.24) is 9.97 Å². The Morgan fingerprint density at radius 3 is 2.29 bits per heavy atom. The van der Waals surface area contributed by atoms with Crippen LogP contribution in [0.3, 0.4) is 0 Å². The van der Waals surface area contributed by atoms with Gasteiger partial charge >= 0.3 is 0 Å². The van der Waals surface area contributed by atoms with Gasteiger partial charge in [-0.2, -0.15) is 0 Å². The maximum Gasteiger partial charge on any atom is 0.219 e. The molecule has 3 heterocycles. The van der Waals surface area contributed by atoms with Crippen LogP contribution in [0, 0.1) is 6.92 Å². The Hall–Kier alpha value is -4.01. The van der Waals surface area contributed by atoms with Gasteiger partial charge in [-0.25, -0.2) is 4.98 Å². The third-order valence-corrected chi connectivity index (χ3v) is 10.1. The number of ether oxygens (including phenoxy) is 1. The number of benzene rings is 3. The summed E-state index contributed by atoms with van der Waals surface area (Å²) in [5.41, 5.74) is 6.82. The number of pyridine rings is 2. The van der Waals surface area contributed by atoms with Crippen LogP contribution in [-0.4, -0.2) is 9.97 Å². The molecule has 6 rings (SSSR count). The molecule has 1 aliphatic rings. The Bertz CT molecular complexity index is 1740. The van der Waals surface area contributed by atoms with Crippen molar-refractivity contribution in [3.05, 3.63) is 115 Å². The summed E-state index contributed by atoms with van der Waals surface area (Å²) in [7, 11) is -3.12. The predicted octanol–water partition coefficient (Wildman–Crippen LogP) is 7.16. The number of nitrogens with zero attached hydrogens (tertiary/aromatic N) is 2. The van der Waals surface area contributed by atoms with Crippen molar-refractivity contribution in [3.63, 3.8) is 0 Å². The molecule has 1 aliphatic heterocycles. The standard InChI is InChI=1S/C33H29N2O2P/c1-22-14-16-35-32(18-22)38(36)29-11-6-5-10-27(29)28-13-12-24(20-30(28)38)23-8-7-9-26(19-23)37-31-21-25(15-17-34-31)33(2,3)4/h5-21H,1-4H3. The van der Waals surface area contributed by atoms with Crippen LogP contribution in [-0.2, 0) is 9.98 Å². The van der Waals surface area contributed by atoms with Gasteiger partial charge in [0.1, 0.15) is 11.2 Å². The highest BCUT2D eigenvalue weighted by atomic mass is 31.2. The van der Waals surface area contributed by atoms with E-state index >= 15 is 0 Å². The van der Waals surface area contributed by atoms with Gasteiger partial charge in [0.05, 0.1) is 0 Å². The normalized spacial score (nSPS) is 16.1. The minimum absolute atomic E-state index is 0.00494. The SMILES string of the molecule is Cc1ccnc(P2(=O)c3ccccc3-c3ccc(-c4cccc(Oc5cc(C(C)(C)C)ccn5)c4)cc32)c1. The maximum absolute atomic E-state index is 14.9. The molecule has 0 fully saturated rings. The smallest absolute Gasteiger partial charge is 0.219 e. The maximum atomic E-state index is 14.9. The largest absolute Gasteiger partial charge is 0.439 e. The molecule has 1 atom stereocenters. The molecule has 188 valence electrons. The molecule has 5 heteroatoms. The quantitative estimate of drug-likeness (QED) is 0.233. The van der Waals surface area contributed by atoms with E-state index in [-0.39, 0.29) is 5.41 Å². The number of hydrogen-bond acceptors (Lipinski definition) is 4. The molecular weight excluding hydrogens is 487 g/mol. The topological polar surface area (TPSA) is 52.1 Å². The second-order valence-corrected chi connectivity index (χ2v) is 13.5. The molecule has 0 N–H and O–H groups in total. The summed E-state index contributed by atoms with van der Waals surface area (Å²) in [6.45, 7) is 8.52. The van der Waals surface area contributed by atoms with Crippen molar-refractivity contribution in [2.24, 2.45) is 0 Å². The number of aryl methyl sites for hydroxylation is 1. The van der Waals surface area contributed by atoms with Gasteiger partial charge in [0.15, 0.2) is 7.14 Å². The lowest BCUT2D eigenvalue weighted by Gasteiger charge is -2.19. The molecule has 0 aliphatic carbocycles. The molecule has 38 heavy (non-hydrogen) atoms. The summed E-state index contributed by atoms with van der Waals surface area (Å²) in [5.74, 6) is 1.27. The highest BCUT2D eigenvalue weighted by molar-refractivity contribution is 7.86. The average molecular weight is 517 g/mol. The molecule has 0 saturated carbocycles. The van der Waals surface area contributed by atoms with Crippen molar-refractivity contribution >= 4 is 23.2 Å². The molecule has 0 saturated heterocycles. The van der Waals surface area contributed by atoms with Crippen molar-refractivity contribution in [3.8, 4) is 33.9 Å². The summed E-state index contributed by atoms with van der Waals surface area (Å²) in [6, 6.07) is 30.1. The summed E-state index contributed by atoms with van der Waals surface area (Å²) in [6.07, 6.45) is 3.53. The van der Waals surface area contributed by atoms with Crippen LogP contribution in [0.25, 0.3) is 22.3 Å². The minimum Gasteiger partial charge on any atom is -0.439 e. The fourth-order valence-electron chi connectivity index (χ4n) is 5.04. The number of hydrogen-bond donors (Lipinski definition) is 0. The zero-order valence-corrected chi connectivity index (χ0v) is 22.9. The molecule has 0 amide bonds. The third kappa shape index (κ3) is 4.15. The van der Waals surface area contributed by atoms with Crippen LogP contribution >= 0.6 is 7.14 Å². The van der Waals surface area contributed by atoms with Crippen molar-refractivity contribution in [2.75, 3.05) is 0 Å². The van der Waals surface area contributed by atoms with Gasteiger partial charge in [0.25, 0.3) is 0 Å². The molecule has 0 spiro atoms. The van der Waals surface area contributed by atoms with E-state index in [0.717, 1.165) is 44.0 Å². The van der Waals surface area contributed by atoms with Gasteiger partial charge < -0.3 is 9.30 Å². The highest BCUT2D eigenvalue weighted by Crippen LogP contribution is 2.52. The van der Waals surface area contributed by atoms with Gasteiger partial charge in [-0.15, -0.1) is 0 Å². The van der Waals surface area contributed by atoms with E-state index in [4.69, 9.17) is 4.74 Å². The molecule has 4 nitrogen and oxygen atoms in total. The summed E-state index contributed by atoms with van der Waals surface area (Å²) >= 11 is 0. The molecule has 0 bridgehead atoms. The van der Waals surface area contributed by atoms with E-state index in [2.05, 4.69) is 55.0 Å². The van der Waals surface area contributed by atoms with E-state index < -0.39 is 7.14 Å².